The van der Waals surface area contributed by atoms with E-state index >= 15 is 0 Å². The first-order valence-corrected chi connectivity index (χ1v) is 7.08. The van der Waals surface area contributed by atoms with Crippen molar-refractivity contribution in [2.75, 3.05) is 6.54 Å². The summed E-state index contributed by atoms with van der Waals surface area (Å²) in [5.41, 5.74) is 0. The Labute approximate surface area is 96.0 Å². The van der Waals surface area contributed by atoms with Gasteiger partial charge in [-0.05, 0) is 38.6 Å². The summed E-state index contributed by atoms with van der Waals surface area (Å²) in [5, 5.41) is 3.71. The van der Waals surface area contributed by atoms with Crippen molar-refractivity contribution in [2.24, 2.45) is 5.92 Å². The molecule has 1 saturated carbocycles. The molecule has 1 atom stereocenters. The number of unbranched alkanes of at least 4 members (excludes halogenated alkanes) is 2. The predicted molar refractivity (Wildman–Crippen MR) is 68.2 cm³/mol. The van der Waals surface area contributed by atoms with E-state index in [1.54, 1.807) is 0 Å². The Morgan fingerprint density at radius 1 is 1.07 bits per heavy atom. The van der Waals surface area contributed by atoms with Crippen molar-refractivity contribution in [3.05, 3.63) is 0 Å². The molecule has 0 unspecified atom stereocenters. The molecule has 0 bridgehead atoms. The maximum atomic E-state index is 3.71. The number of hydrogen-bond donors (Lipinski definition) is 1. The summed E-state index contributed by atoms with van der Waals surface area (Å²) in [7, 11) is 0. The Hall–Kier alpha value is -0.0400. The van der Waals surface area contributed by atoms with E-state index in [4.69, 9.17) is 0 Å². The molecule has 0 spiro atoms. The molecule has 1 aliphatic rings. The van der Waals surface area contributed by atoms with Crippen LogP contribution in [0, 0.1) is 5.92 Å². The fraction of sp³-hybridized carbons (Fsp3) is 1.00. The summed E-state index contributed by atoms with van der Waals surface area (Å²) >= 11 is 0. The molecule has 0 amide bonds. The fourth-order valence-corrected chi connectivity index (χ4v) is 2.68. The van der Waals surface area contributed by atoms with Crippen LogP contribution in [0.15, 0.2) is 0 Å². The SMILES string of the molecule is CCCCCN[C@@H](C)C1CCCCCC1. The molecule has 0 aromatic carbocycles. The van der Waals surface area contributed by atoms with Gasteiger partial charge in [-0.2, -0.15) is 0 Å². The van der Waals surface area contributed by atoms with E-state index in [-0.39, 0.29) is 0 Å². The molecule has 0 saturated heterocycles. The van der Waals surface area contributed by atoms with Crippen molar-refractivity contribution in [2.45, 2.75) is 77.7 Å². The normalized spacial score (nSPS) is 21.2. The van der Waals surface area contributed by atoms with Gasteiger partial charge in [0.15, 0.2) is 0 Å². The van der Waals surface area contributed by atoms with Gasteiger partial charge in [-0.15, -0.1) is 0 Å². The third-order valence-electron chi connectivity index (χ3n) is 3.85. The third kappa shape index (κ3) is 5.55. The van der Waals surface area contributed by atoms with Crippen LogP contribution < -0.4 is 5.32 Å². The van der Waals surface area contributed by atoms with Crippen LogP contribution in [-0.4, -0.2) is 12.6 Å². The zero-order valence-corrected chi connectivity index (χ0v) is 10.7. The first-order chi connectivity index (χ1) is 7.34. The van der Waals surface area contributed by atoms with E-state index < -0.39 is 0 Å². The Balaban J connectivity index is 2.11. The van der Waals surface area contributed by atoms with Gasteiger partial charge in [-0.3, -0.25) is 0 Å². The minimum absolute atomic E-state index is 0.750. The average Bonchev–Trinajstić information content (AvgIpc) is 2.52. The van der Waals surface area contributed by atoms with Crippen LogP contribution in [0.25, 0.3) is 0 Å². The quantitative estimate of drug-likeness (QED) is 0.514. The van der Waals surface area contributed by atoms with Crippen LogP contribution in [0.3, 0.4) is 0 Å². The number of hydrogen-bond acceptors (Lipinski definition) is 1. The highest BCUT2D eigenvalue weighted by molar-refractivity contribution is 4.74. The summed E-state index contributed by atoms with van der Waals surface area (Å²) in [4.78, 5) is 0. The van der Waals surface area contributed by atoms with Crippen LogP contribution in [0.1, 0.15) is 71.6 Å². The van der Waals surface area contributed by atoms with E-state index in [0.29, 0.717) is 0 Å². The Bertz CT molecular complexity index is 136. The molecule has 1 aliphatic carbocycles. The molecule has 1 rings (SSSR count). The van der Waals surface area contributed by atoms with E-state index in [2.05, 4.69) is 19.2 Å². The van der Waals surface area contributed by atoms with Crippen molar-refractivity contribution in [1.29, 1.82) is 0 Å². The van der Waals surface area contributed by atoms with Gasteiger partial charge in [0.05, 0.1) is 0 Å². The first-order valence-electron chi connectivity index (χ1n) is 7.08. The summed E-state index contributed by atoms with van der Waals surface area (Å²) in [6.45, 7) is 5.89. The molecule has 1 N–H and O–H groups in total. The highest BCUT2D eigenvalue weighted by Crippen LogP contribution is 2.25. The van der Waals surface area contributed by atoms with Gasteiger partial charge in [0.2, 0.25) is 0 Å². The molecule has 0 heterocycles. The van der Waals surface area contributed by atoms with Gasteiger partial charge < -0.3 is 5.32 Å². The van der Waals surface area contributed by atoms with Gasteiger partial charge in [0.1, 0.15) is 0 Å². The molecule has 1 heteroatoms. The lowest BCUT2D eigenvalue weighted by atomic mass is 9.93. The summed E-state index contributed by atoms with van der Waals surface area (Å²) < 4.78 is 0. The Morgan fingerprint density at radius 2 is 1.73 bits per heavy atom. The Morgan fingerprint density at radius 3 is 2.33 bits per heavy atom. The largest absolute Gasteiger partial charge is 0.314 e. The second kappa shape index (κ2) is 8.15. The molecule has 0 aliphatic heterocycles. The van der Waals surface area contributed by atoms with Crippen molar-refractivity contribution in [3.63, 3.8) is 0 Å². The monoisotopic (exact) mass is 211 g/mol. The molecule has 0 radical (unpaired) electrons. The van der Waals surface area contributed by atoms with Gasteiger partial charge >= 0.3 is 0 Å². The maximum Gasteiger partial charge on any atom is 0.00669 e. The minimum atomic E-state index is 0.750. The number of rotatable bonds is 6. The summed E-state index contributed by atoms with van der Waals surface area (Å²) in [6.07, 6.45) is 12.9. The van der Waals surface area contributed by atoms with Crippen LogP contribution >= 0.6 is 0 Å². The molecule has 1 nitrogen and oxygen atoms in total. The van der Waals surface area contributed by atoms with Crippen LogP contribution in [0.2, 0.25) is 0 Å². The Kier molecular flexibility index (Phi) is 7.08. The molecule has 0 aromatic rings. The zero-order chi connectivity index (χ0) is 10.9. The van der Waals surface area contributed by atoms with Crippen molar-refractivity contribution < 1.29 is 0 Å². The smallest absolute Gasteiger partial charge is 0.00669 e. The standard InChI is InChI=1S/C14H29N/c1-3-4-9-12-15-13(2)14-10-7-5-6-8-11-14/h13-15H,3-12H2,1-2H3/t13-/m0/s1. The highest BCUT2D eigenvalue weighted by atomic mass is 14.9. The van der Waals surface area contributed by atoms with Gasteiger partial charge in [0, 0.05) is 6.04 Å². The molecule has 15 heavy (non-hydrogen) atoms. The van der Waals surface area contributed by atoms with E-state index in [1.807, 2.05) is 0 Å². The second-order valence-electron chi connectivity index (χ2n) is 5.20. The first kappa shape index (κ1) is 13.0. The molecular weight excluding hydrogens is 182 g/mol. The predicted octanol–water partition coefficient (Wildman–Crippen LogP) is 4.13. The average molecular weight is 211 g/mol. The van der Waals surface area contributed by atoms with E-state index in [1.165, 1.54) is 64.3 Å². The van der Waals surface area contributed by atoms with Crippen LogP contribution in [0.4, 0.5) is 0 Å². The van der Waals surface area contributed by atoms with Gasteiger partial charge in [-0.1, -0.05) is 45.4 Å². The topological polar surface area (TPSA) is 12.0 Å². The number of nitrogens with one attached hydrogen (secondary N) is 1. The molecule has 1 fully saturated rings. The fourth-order valence-electron chi connectivity index (χ4n) is 2.68. The lowest BCUT2D eigenvalue weighted by molar-refractivity contribution is 0.336. The van der Waals surface area contributed by atoms with Crippen molar-refractivity contribution in [3.8, 4) is 0 Å². The lowest BCUT2D eigenvalue weighted by Gasteiger charge is -2.23. The molecular formula is C14H29N. The van der Waals surface area contributed by atoms with Crippen molar-refractivity contribution in [1.82, 2.24) is 5.32 Å². The van der Waals surface area contributed by atoms with Crippen LogP contribution in [0.5, 0.6) is 0 Å². The summed E-state index contributed by atoms with van der Waals surface area (Å²) in [6, 6.07) is 0.750. The van der Waals surface area contributed by atoms with Gasteiger partial charge in [-0.25, -0.2) is 0 Å². The zero-order valence-electron chi connectivity index (χ0n) is 10.7. The minimum Gasteiger partial charge on any atom is -0.314 e. The second-order valence-corrected chi connectivity index (χ2v) is 5.20. The highest BCUT2D eigenvalue weighted by Gasteiger charge is 2.17. The molecule has 90 valence electrons. The maximum absolute atomic E-state index is 3.71. The van der Waals surface area contributed by atoms with Gasteiger partial charge in [0.25, 0.3) is 0 Å². The van der Waals surface area contributed by atoms with E-state index in [0.717, 1.165) is 12.0 Å². The van der Waals surface area contributed by atoms with E-state index in [9.17, 15) is 0 Å². The summed E-state index contributed by atoms with van der Waals surface area (Å²) in [5.74, 6) is 0.953. The third-order valence-corrected chi connectivity index (χ3v) is 3.85. The van der Waals surface area contributed by atoms with Crippen LogP contribution in [-0.2, 0) is 0 Å². The molecule has 0 aromatic heterocycles. The van der Waals surface area contributed by atoms with Crippen molar-refractivity contribution >= 4 is 0 Å². The lowest BCUT2D eigenvalue weighted by Crippen LogP contribution is -2.34.